The van der Waals surface area contributed by atoms with Crippen LogP contribution in [0.15, 0.2) is 24.3 Å². The number of aromatic hydroxyl groups is 1. The molecule has 2 aromatic carbocycles. The van der Waals surface area contributed by atoms with E-state index >= 15 is 0 Å². The first-order chi connectivity index (χ1) is 9.40. The third-order valence-corrected chi connectivity index (χ3v) is 3.40. The molecule has 0 bridgehead atoms. The average molecular weight is 268 g/mol. The Morgan fingerprint density at radius 3 is 2.25 bits per heavy atom. The molecule has 20 heavy (non-hydrogen) atoms. The summed E-state index contributed by atoms with van der Waals surface area (Å²) in [5.74, 6) is -1.02. The van der Waals surface area contributed by atoms with Crippen molar-refractivity contribution in [3.8, 4) is 5.75 Å². The van der Waals surface area contributed by atoms with Crippen LogP contribution in [0.3, 0.4) is 0 Å². The van der Waals surface area contributed by atoms with Crippen molar-refractivity contribution in [1.29, 1.82) is 0 Å². The molecule has 3 rings (SSSR count). The summed E-state index contributed by atoms with van der Waals surface area (Å²) >= 11 is 0. The number of rotatable bonds is 0. The lowest BCUT2D eigenvalue weighted by Crippen LogP contribution is -2.23. The number of phenolic OH excluding ortho intramolecular Hbond substituents is 1. The Balaban J connectivity index is 2.40. The van der Waals surface area contributed by atoms with Crippen molar-refractivity contribution in [3.05, 3.63) is 52.1 Å². The molecular weight excluding hydrogens is 256 g/mol. The normalized spacial score (nSPS) is 13.1. The average Bonchev–Trinajstić information content (AvgIpc) is 2.34. The van der Waals surface area contributed by atoms with Gasteiger partial charge in [0.2, 0.25) is 0 Å². The summed E-state index contributed by atoms with van der Waals surface area (Å²) in [5.41, 5.74) is 13.1. The third-order valence-electron chi connectivity index (χ3n) is 3.40. The van der Waals surface area contributed by atoms with E-state index in [0.717, 1.165) is 0 Å². The molecule has 1 aliphatic carbocycles. The van der Waals surface area contributed by atoms with Crippen LogP contribution in [0.5, 0.6) is 5.75 Å². The number of ketones is 2. The van der Waals surface area contributed by atoms with Crippen molar-refractivity contribution in [1.82, 2.24) is 0 Å². The van der Waals surface area contributed by atoms with E-state index in [-0.39, 0.29) is 39.5 Å². The lowest BCUT2D eigenvalue weighted by Gasteiger charge is -2.20. The summed E-state index contributed by atoms with van der Waals surface area (Å²) in [6.07, 6.45) is 0. The van der Waals surface area contributed by atoms with Crippen LogP contribution in [-0.4, -0.2) is 16.7 Å². The SMILES string of the molecule is Cc1cc(O)c2c(c1)C(=O)c1cc(N)cc(N)c1C2=O. The van der Waals surface area contributed by atoms with Crippen LogP contribution in [0.2, 0.25) is 0 Å². The summed E-state index contributed by atoms with van der Waals surface area (Å²) in [5, 5.41) is 9.96. The zero-order chi connectivity index (χ0) is 14.6. The number of fused-ring (bicyclic) bond motifs is 2. The number of carbonyl (C=O) groups is 2. The molecule has 0 atom stereocenters. The number of hydrogen-bond donors (Lipinski definition) is 3. The van der Waals surface area contributed by atoms with Crippen molar-refractivity contribution in [2.45, 2.75) is 6.92 Å². The Morgan fingerprint density at radius 1 is 0.900 bits per heavy atom. The van der Waals surface area contributed by atoms with Gasteiger partial charge in [-0.3, -0.25) is 9.59 Å². The van der Waals surface area contributed by atoms with Crippen LogP contribution >= 0.6 is 0 Å². The Hall–Kier alpha value is -2.82. The topological polar surface area (TPSA) is 106 Å². The van der Waals surface area contributed by atoms with Gasteiger partial charge in [-0.25, -0.2) is 0 Å². The molecule has 0 aromatic heterocycles. The van der Waals surface area contributed by atoms with Crippen molar-refractivity contribution in [2.24, 2.45) is 0 Å². The van der Waals surface area contributed by atoms with Crippen LogP contribution < -0.4 is 11.5 Å². The largest absolute Gasteiger partial charge is 0.507 e. The Labute approximate surface area is 114 Å². The fourth-order valence-corrected chi connectivity index (χ4v) is 2.58. The molecule has 5 N–H and O–H groups in total. The fourth-order valence-electron chi connectivity index (χ4n) is 2.58. The maximum atomic E-state index is 12.5. The van der Waals surface area contributed by atoms with E-state index in [1.54, 1.807) is 13.0 Å². The number of aryl methyl sites for hydroxylation is 1. The summed E-state index contributed by atoms with van der Waals surface area (Å²) < 4.78 is 0. The fraction of sp³-hybridized carbons (Fsp3) is 0.0667. The summed E-state index contributed by atoms with van der Waals surface area (Å²) in [6, 6.07) is 5.90. The highest BCUT2D eigenvalue weighted by Gasteiger charge is 2.34. The molecule has 0 saturated carbocycles. The van der Waals surface area contributed by atoms with Crippen LogP contribution in [0, 0.1) is 6.92 Å². The molecule has 0 unspecified atom stereocenters. The van der Waals surface area contributed by atoms with Gasteiger partial charge in [0.05, 0.1) is 11.1 Å². The maximum Gasteiger partial charge on any atom is 0.200 e. The first-order valence-corrected chi connectivity index (χ1v) is 6.02. The van der Waals surface area contributed by atoms with E-state index in [9.17, 15) is 14.7 Å². The first kappa shape index (κ1) is 12.2. The minimum Gasteiger partial charge on any atom is -0.507 e. The minimum atomic E-state index is -0.454. The van der Waals surface area contributed by atoms with Crippen molar-refractivity contribution in [2.75, 3.05) is 11.5 Å². The molecule has 0 saturated heterocycles. The van der Waals surface area contributed by atoms with Crippen molar-refractivity contribution in [3.63, 3.8) is 0 Å². The van der Waals surface area contributed by atoms with Crippen molar-refractivity contribution < 1.29 is 14.7 Å². The number of phenols is 1. The molecule has 2 aromatic rings. The quantitative estimate of drug-likeness (QED) is 0.537. The molecule has 5 nitrogen and oxygen atoms in total. The van der Waals surface area contributed by atoms with Crippen LogP contribution in [0.1, 0.15) is 37.4 Å². The molecule has 0 fully saturated rings. The molecule has 100 valence electrons. The summed E-state index contributed by atoms with van der Waals surface area (Å²) in [7, 11) is 0. The molecule has 5 heteroatoms. The lowest BCUT2D eigenvalue weighted by atomic mass is 9.82. The third kappa shape index (κ3) is 1.50. The van der Waals surface area contributed by atoms with Gasteiger partial charge in [0, 0.05) is 22.5 Å². The molecule has 0 aliphatic heterocycles. The molecule has 0 heterocycles. The lowest BCUT2D eigenvalue weighted by molar-refractivity contribution is 0.0977. The van der Waals surface area contributed by atoms with Gasteiger partial charge >= 0.3 is 0 Å². The van der Waals surface area contributed by atoms with E-state index < -0.39 is 5.78 Å². The summed E-state index contributed by atoms with van der Waals surface area (Å²) in [6.45, 7) is 1.74. The molecule has 1 aliphatic rings. The predicted octanol–water partition coefficient (Wildman–Crippen LogP) is 1.64. The van der Waals surface area contributed by atoms with Crippen molar-refractivity contribution >= 4 is 22.9 Å². The van der Waals surface area contributed by atoms with Gasteiger partial charge in [0.15, 0.2) is 11.6 Å². The second kappa shape index (κ2) is 3.84. The number of nitrogens with two attached hydrogens (primary N) is 2. The van der Waals surface area contributed by atoms with Gasteiger partial charge in [-0.05, 0) is 36.8 Å². The van der Waals surface area contributed by atoms with Gasteiger partial charge in [0.25, 0.3) is 0 Å². The number of hydrogen-bond acceptors (Lipinski definition) is 5. The van der Waals surface area contributed by atoms with E-state index in [1.807, 2.05) is 0 Å². The van der Waals surface area contributed by atoms with E-state index in [1.165, 1.54) is 18.2 Å². The standard InChI is InChI=1S/C15H12N2O3/c1-6-2-8-13(11(18)3-6)15(20)12-9(14(8)19)4-7(16)5-10(12)17/h2-5,18H,16-17H2,1H3. The smallest absolute Gasteiger partial charge is 0.200 e. The van der Waals surface area contributed by atoms with E-state index in [0.29, 0.717) is 11.3 Å². The highest BCUT2D eigenvalue weighted by molar-refractivity contribution is 6.31. The minimum absolute atomic E-state index is 0.00423. The Kier molecular flexibility index (Phi) is 2.34. The predicted molar refractivity (Wildman–Crippen MR) is 75.0 cm³/mol. The number of nitrogen functional groups attached to an aromatic ring is 2. The maximum absolute atomic E-state index is 12.5. The Bertz CT molecular complexity index is 731. The van der Waals surface area contributed by atoms with Gasteiger partial charge < -0.3 is 16.6 Å². The van der Waals surface area contributed by atoms with Crippen LogP contribution in [0.4, 0.5) is 11.4 Å². The van der Waals surface area contributed by atoms with E-state index in [4.69, 9.17) is 11.5 Å². The van der Waals surface area contributed by atoms with Gasteiger partial charge in [-0.2, -0.15) is 0 Å². The highest BCUT2D eigenvalue weighted by Crippen LogP contribution is 2.36. The molecule has 0 amide bonds. The van der Waals surface area contributed by atoms with Crippen LogP contribution in [0.25, 0.3) is 0 Å². The van der Waals surface area contributed by atoms with Gasteiger partial charge in [-0.1, -0.05) is 0 Å². The summed E-state index contributed by atoms with van der Waals surface area (Å²) in [4.78, 5) is 25.0. The monoisotopic (exact) mass is 268 g/mol. The zero-order valence-electron chi connectivity index (χ0n) is 10.7. The molecular formula is C15H12N2O3. The van der Waals surface area contributed by atoms with Gasteiger partial charge in [0.1, 0.15) is 5.75 Å². The zero-order valence-corrected chi connectivity index (χ0v) is 10.7. The van der Waals surface area contributed by atoms with Gasteiger partial charge in [-0.15, -0.1) is 0 Å². The number of carbonyl (C=O) groups excluding carboxylic acids is 2. The number of anilines is 2. The first-order valence-electron chi connectivity index (χ1n) is 6.02. The second-order valence-corrected chi connectivity index (χ2v) is 4.90. The Morgan fingerprint density at radius 2 is 1.55 bits per heavy atom. The van der Waals surface area contributed by atoms with Crippen LogP contribution in [-0.2, 0) is 0 Å². The molecule has 0 radical (unpaired) electrons. The van der Waals surface area contributed by atoms with E-state index in [2.05, 4.69) is 0 Å². The highest BCUT2D eigenvalue weighted by atomic mass is 16.3. The number of benzene rings is 2. The second-order valence-electron chi connectivity index (χ2n) is 4.90. The molecule has 0 spiro atoms.